The molecule has 1 aromatic carbocycles. The van der Waals surface area contributed by atoms with E-state index >= 15 is 0 Å². The van der Waals surface area contributed by atoms with Crippen molar-refractivity contribution in [3.63, 3.8) is 0 Å². The number of hydrogen-bond acceptors (Lipinski definition) is 9. The van der Waals surface area contributed by atoms with Gasteiger partial charge in [-0.05, 0) is 37.5 Å². The van der Waals surface area contributed by atoms with Crippen LogP contribution in [0.3, 0.4) is 0 Å². The molecule has 1 heterocycles. The van der Waals surface area contributed by atoms with Crippen LogP contribution in [0, 0.1) is 0 Å². The van der Waals surface area contributed by atoms with Crippen LogP contribution >= 0.6 is 0 Å². The monoisotopic (exact) mass is 417 g/mol. The van der Waals surface area contributed by atoms with Crippen LogP contribution in [0.1, 0.15) is 49.4 Å². The van der Waals surface area contributed by atoms with Crippen molar-refractivity contribution in [3.05, 3.63) is 52.3 Å². The van der Waals surface area contributed by atoms with Crippen LogP contribution in [-0.2, 0) is 27.1 Å². The number of aromatic hydroxyl groups is 1. The molecule has 2 aromatic rings. The molecule has 0 unspecified atom stereocenters. The lowest BCUT2D eigenvalue weighted by Crippen LogP contribution is -2.20. The van der Waals surface area contributed by atoms with Gasteiger partial charge < -0.3 is 24.1 Å². The minimum atomic E-state index is -1.01. The van der Waals surface area contributed by atoms with Gasteiger partial charge in [-0.1, -0.05) is 12.1 Å². The van der Waals surface area contributed by atoms with Gasteiger partial charge in [0, 0.05) is 0 Å². The summed E-state index contributed by atoms with van der Waals surface area (Å²) in [5.41, 5.74) is -0.233. The summed E-state index contributed by atoms with van der Waals surface area (Å²) in [7, 11) is 3.78. The average Bonchev–Trinajstić information content (AvgIpc) is 2.77. The molecule has 0 spiro atoms. The number of ether oxygens (including phenoxy) is 4. The van der Waals surface area contributed by atoms with Gasteiger partial charge in [0.1, 0.15) is 11.3 Å². The molecule has 2 rings (SSSR count). The fraction of sp³-hybridized carbons (Fsp3) is 0.333. The summed E-state index contributed by atoms with van der Waals surface area (Å²) in [5, 5.41) is 10.5. The fourth-order valence-electron chi connectivity index (χ4n) is 2.83. The molecule has 160 valence electrons. The Bertz CT molecular complexity index is 937. The van der Waals surface area contributed by atoms with Gasteiger partial charge >= 0.3 is 17.9 Å². The Hall–Kier alpha value is -3.62. The third-order valence-electron chi connectivity index (χ3n) is 4.30. The minimum Gasteiger partial charge on any atom is -0.505 e. The Kier molecular flexibility index (Phi) is 7.74. The predicted molar refractivity (Wildman–Crippen MR) is 105 cm³/mol. The van der Waals surface area contributed by atoms with Crippen LogP contribution in [-0.4, -0.2) is 55.9 Å². The second-order valence-corrected chi connectivity index (χ2v) is 6.06. The zero-order valence-electron chi connectivity index (χ0n) is 17.2. The molecule has 0 radical (unpaired) electrons. The summed E-state index contributed by atoms with van der Waals surface area (Å²) in [6.45, 7) is 1.62. The standard InChI is InChI=1S/C21H23NO8/c1-5-30-21(26)17-18(23)16(20(25)29-4)15(19(24)28-3)14(22-17)11-8-12-6-9-13(27-2)10-7-12/h6-7,9-10,23H,5,8,11H2,1-4H3. The smallest absolute Gasteiger partial charge is 0.360 e. The van der Waals surface area contributed by atoms with Gasteiger partial charge in [0.05, 0.1) is 39.2 Å². The molecule has 0 amide bonds. The van der Waals surface area contributed by atoms with Crippen molar-refractivity contribution in [3.8, 4) is 11.5 Å². The first kappa shape index (κ1) is 22.7. The van der Waals surface area contributed by atoms with E-state index < -0.39 is 34.9 Å². The molecule has 30 heavy (non-hydrogen) atoms. The number of aryl methyl sites for hydroxylation is 2. The number of hydrogen-bond donors (Lipinski definition) is 1. The zero-order valence-corrected chi connectivity index (χ0v) is 17.2. The van der Waals surface area contributed by atoms with Gasteiger partial charge in [-0.15, -0.1) is 0 Å². The van der Waals surface area contributed by atoms with Crippen LogP contribution < -0.4 is 4.74 Å². The van der Waals surface area contributed by atoms with Gasteiger partial charge in [-0.3, -0.25) is 0 Å². The van der Waals surface area contributed by atoms with Gasteiger partial charge in [0.2, 0.25) is 0 Å². The van der Waals surface area contributed by atoms with E-state index in [4.69, 9.17) is 14.2 Å². The van der Waals surface area contributed by atoms with Crippen LogP contribution in [0.5, 0.6) is 11.5 Å². The third kappa shape index (κ3) is 4.86. The van der Waals surface area contributed by atoms with E-state index in [1.165, 1.54) is 0 Å². The summed E-state index contributed by atoms with van der Waals surface area (Å²) < 4.78 is 19.5. The highest BCUT2D eigenvalue weighted by molar-refractivity contribution is 6.08. The number of carbonyl (C=O) groups is 3. The second kappa shape index (κ2) is 10.2. The van der Waals surface area contributed by atoms with Crippen molar-refractivity contribution in [2.45, 2.75) is 19.8 Å². The Morgan fingerprint density at radius 3 is 2.03 bits per heavy atom. The van der Waals surface area contributed by atoms with Gasteiger partial charge in [-0.25, -0.2) is 19.4 Å². The number of esters is 3. The molecule has 0 fully saturated rings. The quantitative estimate of drug-likeness (QED) is 0.509. The Labute approximate surface area is 173 Å². The average molecular weight is 417 g/mol. The maximum atomic E-state index is 12.4. The summed E-state index contributed by atoms with van der Waals surface area (Å²) in [6.07, 6.45) is 0.599. The van der Waals surface area contributed by atoms with Crippen molar-refractivity contribution in [1.29, 1.82) is 0 Å². The van der Waals surface area contributed by atoms with E-state index in [0.717, 1.165) is 19.8 Å². The highest BCUT2D eigenvalue weighted by Gasteiger charge is 2.32. The van der Waals surface area contributed by atoms with E-state index in [1.54, 1.807) is 26.2 Å². The lowest BCUT2D eigenvalue weighted by atomic mass is 9.98. The second-order valence-electron chi connectivity index (χ2n) is 6.06. The number of carbonyl (C=O) groups excluding carboxylic acids is 3. The molecular weight excluding hydrogens is 394 g/mol. The normalized spacial score (nSPS) is 10.3. The molecule has 1 aromatic heterocycles. The van der Waals surface area contributed by atoms with Crippen LogP contribution in [0.15, 0.2) is 24.3 Å². The van der Waals surface area contributed by atoms with Crippen LogP contribution in [0.4, 0.5) is 0 Å². The maximum Gasteiger partial charge on any atom is 0.360 e. The van der Waals surface area contributed by atoms with Crippen molar-refractivity contribution in [2.75, 3.05) is 27.9 Å². The van der Waals surface area contributed by atoms with Crippen molar-refractivity contribution < 1.29 is 38.4 Å². The number of rotatable bonds is 8. The summed E-state index contributed by atoms with van der Waals surface area (Å²) in [6, 6.07) is 7.24. The Balaban J connectivity index is 2.58. The van der Waals surface area contributed by atoms with Crippen molar-refractivity contribution in [2.24, 2.45) is 0 Å². The third-order valence-corrected chi connectivity index (χ3v) is 4.30. The first-order chi connectivity index (χ1) is 14.4. The lowest BCUT2D eigenvalue weighted by molar-refractivity contribution is 0.0508. The number of pyridine rings is 1. The SMILES string of the molecule is CCOC(=O)c1nc(CCc2ccc(OC)cc2)c(C(=O)OC)c(C(=O)OC)c1O. The van der Waals surface area contributed by atoms with Crippen molar-refractivity contribution in [1.82, 2.24) is 4.98 Å². The van der Waals surface area contributed by atoms with E-state index in [9.17, 15) is 19.5 Å². The highest BCUT2D eigenvalue weighted by Crippen LogP contribution is 2.30. The maximum absolute atomic E-state index is 12.4. The Morgan fingerprint density at radius 2 is 1.50 bits per heavy atom. The number of aromatic nitrogens is 1. The predicted octanol–water partition coefficient (Wildman–Crippen LogP) is 2.33. The first-order valence-corrected chi connectivity index (χ1v) is 9.10. The molecule has 0 aliphatic rings. The molecule has 0 bridgehead atoms. The molecule has 9 heteroatoms. The minimum absolute atomic E-state index is 0.0352. The molecule has 9 nitrogen and oxygen atoms in total. The molecule has 0 aliphatic heterocycles. The largest absolute Gasteiger partial charge is 0.505 e. The highest BCUT2D eigenvalue weighted by atomic mass is 16.5. The number of benzene rings is 1. The molecule has 0 saturated heterocycles. The number of methoxy groups -OCH3 is 3. The molecule has 0 atom stereocenters. The molecular formula is C21H23NO8. The lowest BCUT2D eigenvalue weighted by Gasteiger charge is -2.15. The Morgan fingerprint density at radius 1 is 0.900 bits per heavy atom. The van der Waals surface area contributed by atoms with Gasteiger partial charge in [-0.2, -0.15) is 0 Å². The number of nitrogens with zero attached hydrogens (tertiary/aromatic N) is 1. The van der Waals surface area contributed by atoms with Gasteiger partial charge in [0.15, 0.2) is 11.4 Å². The van der Waals surface area contributed by atoms with E-state index in [-0.39, 0.29) is 24.3 Å². The van der Waals surface area contributed by atoms with Crippen LogP contribution in [0.2, 0.25) is 0 Å². The van der Waals surface area contributed by atoms with E-state index in [1.807, 2.05) is 12.1 Å². The van der Waals surface area contributed by atoms with Crippen molar-refractivity contribution >= 4 is 17.9 Å². The molecule has 0 aliphatic carbocycles. The topological polar surface area (TPSA) is 121 Å². The van der Waals surface area contributed by atoms with Crippen LogP contribution in [0.25, 0.3) is 0 Å². The first-order valence-electron chi connectivity index (χ1n) is 9.10. The fourth-order valence-corrected chi connectivity index (χ4v) is 2.83. The molecule has 0 saturated carbocycles. The zero-order chi connectivity index (χ0) is 22.3. The van der Waals surface area contributed by atoms with E-state index in [2.05, 4.69) is 9.72 Å². The summed E-state index contributed by atoms with van der Waals surface area (Å²) in [5.74, 6) is -2.93. The van der Waals surface area contributed by atoms with Gasteiger partial charge in [0.25, 0.3) is 0 Å². The summed E-state index contributed by atoms with van der Waals surface area (Å²) >= 11 is 0. The molecule has 1 N–H and O–H groups in total. The summed E-state index contributed by atoms with van der Waals surface area (Å²) in [4.78, 5) is 41.1. The van der Waals surface area contributed by atoms with E-state index in [0.29, 0.717) is 12.2 Å².